The van der Waals surface area contributed by atoms with E-state index in [1.165, 1.54) is 38.9 Å². The van der Waals surface area contributed by atoms with Gasteiger partial charge in [0.1, 0.15) is 0 Å². The lowest BCUT2D eigenvalue weighted by Crippen LogP contribution is -2.11. The fraction of sp³-hybridized carbons (Fsp3) is 0.455. The highest BCUT2D eigenvalue weighted by Crippen LogP contribution is 2.35. The summed E-state index contributed by atoms with van der Waals surface area (Å²) in [6.45, 7) is 15.0. The minimum absolute atomic E-state index is 0.388. The second-order valence-corrected chi connectivity index (χ2v) is 7.17. The molecule has 0 radical (unpaired) electrons. The third-order valence-corrected chi connectivity index (χ3v) is 5.08. The van der Waals surface area contributed by atoms with Crippen LogP contribution in [0.3, 0.4) is 0 Å². The van der Waals surface area contributed by atoms with E-state index in [1.54, 1.807) is 0 Å². The molecule has 1 heteroatoms. The molecule has 0 spiro atoms. The van der Waals surface area contributed by atoms with E-state index in [2.05, 4.69) is 65.8 Å². The van der Waals surface area contributed by atoms with Gasteiger partial charge in [-0.1, -0.05) is 36.8 Å². The monoisotopic (exact) mass is 310 g/mol. The van der Waals surface area contributed by atoms with Crippen LogP contribution in [-0.4, -0.2) is 5.11 Å². The van der Waals surface area contributed by atoms with Crippen LogP contribution in [0.25, 0.3) is 0 Å². The Kier molecular flexibility index (Phi) is 5.31. The Hall–Kier alpha value is -1.60. The molecule has 2 rings (SSSR count). The molecule has 2 aromatic carbocycles. The Morgan fingerprint density at radius 3 is 2.09 bits per heavy atom. The van der Waals surface area contributed by atoms with Gasteiger partial charge >= 0.3 is 0 Å². The third kappa shape index (κ3) is 3.67. The van der Waals surface area contributed by atoms with Gasteiger partial charge in [-0.15, -0.1) is 0 Å². The molecule has 0 amide bonds. The van der Waals surface area contributed by atoms with Crippen LogP contribution in [0.1, 0.15) is 70.4 Å². The first-order valence-corrected chi connectivity index (χ1v) is 8.57. The van der Waals surface area contributed by atoms with E-state index in [0.717, 1.165) is 12.0 Å². The van der Waals surface area contributed by atoms with E-state index in [9.17, 15) is 5.11 Å². The molecule has 1 nitrogen and oxygen atoms in total. The number of aliphatic hydroxyl groups excluding tert-OH is 1. The van der Waals surface area contributed by atoms with Crippen molar-refractivity contribution >= 4 is 0 Å². The molecule has 0 heterocycles. The molecule has 23 heavy (non-hydrogen) atoms. The van der Waals surface area contributed by atoms with Crippen LogP contribution >= 0.6 is 0 Å². The van der Waals surface area contributed by atoms with Crippen molar-refractivity contribution in [2.75, 3.05) is 0 Å². The van der Waals surface area contributed by atoms with Crippen molar-refractivity contribution in [1.29, 1.82) is 0 Å². The average Bonchev–Trinajstić information content (AvgIpc) is 2.45. The van der Waals surface area contributed by atoms with Crippen molar-refractivity contribution in [3.05, 3.63) is 68.8 Å². The molecule has 2 unspecified atom stereocenters. The maximum absolute atomic E-state index is 10.3. The fourth-order valence-corrected chi connectivity index (χ4v) is 3.78. The lowest BCUT2D eigenvalue weighted by molar-refractivity contribution is 0.196. The topological polar surface area (TPSA) is 20.2 Å². The zero-order valence-corrected chi connectivity index (χ0v) is 15.6. The Morgan fingerprint density at radius 2 is 1.48 bits per heavy atom. The second kappa shape index (κ2) is 6.88. The van der Waals surface area contributed by atoms with E-state index >= 15 is 0 Å². The van der Waals surface area contributed by atoms with Gasteiger partial charge < -0.3 is 5.11 Å². The molecule has 0 aliphatic carbocycles. The molecule has 124 valence electrons. The first kappa shape index (κ1) is 17.7. The Morgan fingerprint density at radius 1 is 0.826 bits per heavy atom. The molecular weight excluding hydrogens is 280 g/mol. The minimum atomic E-state index is -0.426. The third-order valence-electron chi connectivity index (χ3n) is 5.08. The summed E-state index contributed by atoms with van der Waals surface area (Å²) in [5.41, 5.74) is 10.4. The smallest absolute Gasteiger partial charge is 0.0767 e. The SMILES string of the molecule is Cc1ccc(C)c(CC(C)c2c(C)c(C)cc(C)c2C(C)O)c1. The molecule has 0 fully saturated rings. The maximum atomic E-state index is 10.3. The van der Waals surface area contributed by atoms with Gasteiger partial charge in [0.15, 0.2) is 0 Å². The van der Waals surface area contributed by atoms with Crippen LogP contribution in [-0.2, 0) is 6.42 Å². The quantitative estimate of drug-likeness (QED) is 0.776. The molecule has 0 saturated heterocycles. The van der Waals surface area contributed by atoms with E-state index in [4.69, 9.17) is 0 Å². The molecule has 0 saturated carbocycles. The summed E-state index contributed by atoms with van der Waals surface area (Å²) >= 11 is 0. The lowest BCUT2D eigenvalue weighted by Gasteiger charge is -2.25. The largest absolute Gasteiger partial charge is 0.389 e. The van der Waals surface area contributed by atoms with E-state index in [1.807, 2.05) is 6.92 Å². The number of hydrogen-bond donors (Lipinski definition) is 1. The average molecular weight is 310 g/mol. The van der Waals surface area contributed by atoms with Crippen LogP contribution < -0.4 is 0 Å². The van der Waals surface area contributed by atoms with Crippen molar-refractivity contribution in [2.24, 2.45) is 0 Å². The number of aryl methyl sites for hydroxylation is 4. The maximum Gasteiger partial charge on any atom is 0.0767 e. The summed E-state index contributed by atoms with van der Waals surface area (Å²) in [5, 5.41) is 10.3. The Bertz CT molecular complexity index is 710. The van der Waals surface area contributed by atoms with Crippen LogP contribution in [0.5, 0.6) is 0 Å². The summed E-state index contributed by atoms with van der Waals surface area (Å²) in [6.07, 6.45) is 0.585. The summed E-state index contributed by atoms with van der Waals surface area (Å²) < 4.78 is 0. The number of aliphatic hydroxyl groups is 1. The van der Waals surface area contributed by atoms with E-state index in [0.29, 0.717) is 5.92 Å². The van der Waals surface area contributed by atoms with Gasteiger partial charge in [-0.3, -0.25) is 0 Å². The van der Waals surface area contributed by atoms with Crippen LogP contribution in [0.15, 0.2) is 24.3 Å². The van der Waals surface area contributed by atoms with Crippen LogP contribution in [0.2, 0.25) is 0 Å². The van der Waals surface area contributed by atoms with Crippen LogP contribution in [0.4, 0.5) is 0 Å². The second-order valence-electron chi connectivity index (χ2n) is 7.17. The van der Waals surface area contributed by atoms with Gasteiger partial charge in [-0.05, 0) is 92.8 Å². The molecule has 0 bridgehead atoms. The summed E-state index contributed by atoms with van der Waals surface area (Å²) in [6, 6.07) is 8.88. The van der Waals surface area contributed by atoms with E-state index in [-0.39, 0.29) is 0 Å². The molecule has 1 N–H and O–H groups in total. The van der Waals surface area contributed by atoms with Crippen molar-refractivity contribution in [3.63, 3.8) is 0 Å². The summed E-state index contributed by atoms with van der Waals surface area (Å²) in [7, 11) is 0. The molecular formula is C22H30O. The molecule has 2 aromatic rings. The normalized spacial score (nSPS) is 13.9. The number of hydrogen-bond acceptors (Lipinski definition) is 1. The molecule has 0 aliphatic heterocycles. The zero-order chi connectivity index (χ0) is 17.3. The first-order valence-electron chi connectivity index (χ1n) is 8.57. The summed E-state index contributed by atoms with van der Waals surface area (Å²) in [5.74, 6) is 0.388. The standard InChI is InChI=1S/C22H30O/c1-13-8-9-14(2)20(10-13)12-17(5)21-18(6)15(3)11-16(4)22(21)19(7)23/h8-11,17,19,23H,12H2,1-7H3. The molecule has 2 atom stereocenters. The highest BCUT2D eigenvalue weighted by Gasteiger charge is 2.20. The first-order chi connectivity index (χ1) is 10.7. The Balaban J connectivity index is 2.50. The lowest BCUT2D eigenvalue weighted by atomic mass is 9.81. The number of benzene rings is 2. The summed E-state index contributed by atoms with van der Waals surface area (Å²) in [4.78, 5) is 0. The van der Waals surface area contributed by atoms with Gasteiger partial charge in [0.05, 0.1) is 6.10 Å². The predicted molar refractivity (Wildman–Crippen MR) is 99.3 cm³/mol. The molecule has 0 aliphatic rings. The fourth-order valence-electron chi connectivity index (χ4n) is 3.78. The van der Waals surface area contributed by atoms with Gasteiger partial charge in [0.2, 0.25) is 0 Å². The highest BCUT2D eigenvalue weighted by molar-refractivity contribution is 5.48. The van der Waals surface area contributed by atoms with Gasteiger partial charge in [0, 0.05) is 0 Å². The van der Waals surface area contributed by atoms with Gasteiger partial charge in [0.25, 0.3) is 0 Å². The zero-order valence-electron chi connectivity index (χ0n) is 15.6. The molecule has 0 aromatic heterocycles. The highest BCUT2D eigenvalue weighted by atomic mass is 16.3. The van der Waals surface area contributed by atoms with Crippen molar-refractivity contribution in [1.82, 2.24) is 0 Å². The predicted octanol–water partition coefficient (Wildman–Crippen LogP) is 5.63. The Labute approximate surface area is 141 Å². The van der Waals surface area contributed by atoms with Gasteiger partial charge in [-0.25, -0.2) is 0 Å². The van der Waals surface area contributed by atoms with Crippen molar-refractivity contribution in [3.8, 4) is 0 Å². The van der Waals surface area contributed by atoms with Crippen LogP contribution in [0, 0.1) is 34.6 Å². The van der Waals surface area contributed by atoms with Crippen molar-refractivity contribution in [2.45, 2.75) is 66.9 Å². The minimum Gasteiger partial charge on any atom is -0.389 e. The number of rotatable bonds is 4. The van der Waals surface area contributed by atoms with E-state index < -0.39 is 6.10 Å². The van der Waals surface area contributed by atoms with Crippen molar-refractivity contribution < 1.29 is 5.11 Å². The van der Waals surface area contributed by atoms with Gasteiger partial charge in [-0.2, -0.15) is 0 Å².